The minimum Gasteiger partial charge on any atom is -0.492 e. The second-order valence-corrected chi connectivity index (χ2v) is 5.09. The van der Waals surface area contributed by atoms with Crippen molar-refractivity contribution in [1.82, 2.24) is 0 Å². The molecule has 1 N–H and O–H groups in total. The first-order valence-electron chi connectivity index (χ1n) is 6.24. The third-order valence-electron chi connectivity index (χ3n) is 4.10. The highest BCUT2D eigenvalue weighted by Crippen LogP contribution is 2.43. The lowest BCUT2D eigenvalue weighted by atomic mass is 9.70. The molecule has 2 heterocycles. The fourth-order valence-corrected chi connectivity index (χ4v) is 2.93. The summed E-state index contributed by atoms with van der Waals surface area (Å²) in [7, 11) is 0. The molecule has 4 heteroatoms. The van der Waals surface area contributed by atoms with Crippen LogP contribution in [0.5, 0.6) is 5.75 Å². The minimum absolute atomic E-state index is 0.0448. The molecule has 0 bridgehead atoms. The van der Waals surface area contributed by atoms with Crippen molar-refractivity contribution in [2.75, 3.05) is 19.8 Å². The number of carboxylic acid groups (broad SMARTS) is 1. The number of hydrogen-bond acceptors (Lipinski definition) is 3. The summed E-state index contributed by atoms with van der Waals surface area (Å²) in [6.45, 7) is 1.42. The normalized spacial score (nSPS) is 30.6. The van der Waals surface area contributed by atoms with Crippen molar-refractivity contribution in [1.29, 1.82) is 0 Å². The molecule has 4 nitrogen and oxygen atoms in total. The summed E-state index contributed by atoms with van der Waals surface area (Å²) < 4.78 is 11.0. The van der Waals surface area contributed by atoms with Gasteiger partial charge in [-0.25, -0.2) is 0 Å². The molecular weight excluding hydrogens is 232 g/mol. The maximum atomic E-state index is 11.7. The lowest BCUT2D eigenvalue weighted by Gasteiger charge is -2.38. The van der Waals surface area contributed by atoms with Crippen LogP contribution in [-0.2, 0) is 16.0 Å². The Morgan fingerprint density at radius 2 is 2.22 bits per heavy atom. The van der Waals surface area contributed by atoms with E-state index in [2.05, 4.69) is 0 Å². The number of para-hydroxylation sites is 1. The highest BCUT2D eigenvalue weighted by Gasteiger charge is 2.50. The molecule has 2 aliphatic heterocycles. The molecule has 3 rings (SSSR count). The van der Waals surface area contributed by atoms with Crippen LogP contribution < -0.4 is 4.74 Å². The van der Waals surface area contributed by atoms with Gasteiger partial charge in [0, 0.05) is 12.5 Å². The maximum absolute atomic E-state index is 11.7. The Bertz CT molecular complexity index is 465. The van der Waals surface area contributed by atoms with Crippen LogP contribution in [0.25, 0.3) is 0 Å². The Balaban J connectivity index is 1.96. The molecule has 1 aromatic carbocycles. The van der Waals surface area contributed by atoms with E-state index in [1.54, 1.807) is 0 Å². The van der Waals surface area contributed by atoms with E-state index in [0.29, 0.717) is 19.6 Å². The van der Waals surface area contributed by atoms with Crippen molar-refractivity contribution in [3.63, 3.8) is 0 Å². The van der Waals surface area contributed by atoms with Gasteiger partial charge in [0.25, 0.3) is 0 Å². The molecule has 1 fully saturated rings. The molecule has 18 heavy (non-hydrogen) atoms. The summed E-state index contributed by atoms with van der Waals surface area (Å²) in [6, 6.07) is 7.67. The fourth-order valence-electron chi connectivity index (χ4n) is 2.93. The molecule has 0 aromatic heterocycles. The zero-order chi connectivity index (χ0) is 12.6. The molecule has 1 saturated heterocycles. The van der Waals surface area contributed by atoms with Crippen molar-refractivity contribution in [2.45, 2.75) is 12.8 Å². The third-order valence-corrected chi connectivity index (χ3v) is 4.10. The van der Waals surface area contributed by atoms with Crippen LogP contribution in [0.3, 0.4) is 0 Å². The van der Waals surface area contributed by atoms with Gasteiger partial charge in [-0.15, -0.1) is 0 Å². The van der Waals surface area contributed by atoms with Gasteiger partial charge in [-0.05, 0) is 24.5 Å². The summed E-state index contributed by atoms with van der Waals surface area (Å²) in [5.41, 5.74) is 0.156. The van der Waals surface area contributed by atoms with Crippen molar-refractivity contribution < 1.29 is 19.4 Å². The van der Waals surface area contributed by atoms with Gasteiger partial charge in [0.05, 0.1) is 6.61 Å². The van der Waals surface area contributed by atoms with E-state index in [9.17, 15) is 9.90 Å². The molecule has 0 saturated carbocycles. The molecule has 2 unspecified atom stereocenters. The Hall–Kier alpha value is -1.55. The average Bonchev–Trinajstić information content (AvgIpc) is 2.92. The standard InChI is InChI=1S/C14H16O4/c15-13(16)14(11-5-6-17-8-11)7-10-3-1-2-4-12(10)18-9-14/h1-4,11H,5-9H2,(H,15,16). The van der Waals surface area contributed by atoms with Gasteiger partial charge in [-0.1, -0.05) is 18.2 Å². The zero-order valence-electron chi connectivity index (χ0n) is 10.1. The summed E-state index contributed by atoms with van der Waals surface area (Å²) in [5, 5.41) is 9.64. The van der Waals surface area contributed by atoms with Crippen LogP contribution in [0.15, 0.2) is 24.3 Å². The number of carbonyl (C=O) groups is 1. The monoisotopic (exact) mass is 248 g/mol. The van der Waals surface area contributed by atoms with Crippen LogP contribution in [0.4, 0.5) is 0 Å². The number of ether oxygens (including phenoxy) is 2. The van der Waals surface area contributed by atoms with E-state index >= 15 is 0 Å². The summed E-state index contributed by atoms with van der Waals surface area (Å²) in [5.74, 6) is 0.0872. The van der Waals surface area contributed by atoms with E-state index in [-0.39, 0.29) is 12.5 Å². The molecule has 2 atom stereocenters. The molecule has 0 spiro atoms. The zero-order valence-corrected chi connectivity index (χ0v) is 10.1. The van der Waals surface area contributed by atoms with Crippen LogP contribution in [0, 0.1) is 11.3 Å². The Kier molecular flexibility index (Phi) is 2.74. The van der Waals surface area contributed by atoms with Gasteiger partial charge in [0.1, 0.15) is 17.8 Å². The molecule has 2 aliphatic rings. The number of fused-ring (bicyclic) bond motifs is 1. The van der Waals surface area contributed by atoms with Gasteiger partial charge in [0.2, 0.25) is 0 Å². The largest absolute Gasteiger partial charge is 0.492 e. The smallest absolute Gasteiger partial charge is 0.313 e. The second kappa shape index (κ2) is 4.28. The average molecular weight is 248 g/mol. The highest BCUT2D eigenvalue weighted by molar-refractivity contribution is 5.76. The maximum Gasteiger partial charge on any atom is 0.313 e. The number of rotatable bonds is 2. The van der Waals surface area contributed by atoms with E-state index < -0.39 is 11.4 Å². The van der Waals surface area contributed by atoms with Crippen molar-refractivity contribution in [3.05, 3.63) is 29.8 Å². The Morgan fingerprint density at radius 3 is 2.94 bits per heavy atom. The Morgan fingerprint density at radius 1 is 1.39 bits per heavy atom. The van der Waals surface area contributed by atoms with Gasteiger partial charge < -0.3 is 14.6 Å². The van der Waals surface area contributed by atoms with Gasteiger partial charge in [0.15, 0.2) is 0 Å². The molecule has 0 radical (unpaired) electrons. The van der Waals surface area contributed by atoms with Crippen molar-refractivity contribution in [2.24, 2.45) is 11.3 Å². The first-order valence-corrected chi connectivity index (χ1v) is 6.24. The van der Waals surface area contributed by atoms with E-state index in [1.165, 1.54) is 0 Å². The third kappa shape index (κ3) is 1.68. The fraction of sp³-hybridized carbons (Fsp3) is 0.500. The Labute approximate surface area is 106 Å². The lowest BCUT2D eigenvalue weighted by molar-refractivity contribution is -0.156. The van der Waals surface area contributed by atoms with Crippen LogP contribution in [0.2, 0.25) is 0 Å². The molecular formula is C14H16O4. The highest BCUT2D eigenvalue weighted by atomic mass is 16.5. The van der Waals surface area contributed by atoms with Crippen LogP contribution in [0.1, 0.15) is 12.0 Å². The van der Waals surface area contributed by atoms with Gasteiger partial charge >= 0.3 is 5.97 Å². The van der Waals surface area contributed by atoms with Crippen molar-refractivity contribution >= 4 is 5.97 Å². The second-order valence-electron chi connectivity index (χ2n) is 5.09. The van der Waals surface area contributed by atoms with E-state index in [1.807, 2.05) is 24.3 Å². The molecule has 96 valence electrons. The lowest BCUT2D eigenvalue weighted by Crippen LogP contribution is -2.48. The molecule has 0 aliphatic carbocycles. The number of carboxylic acids is 1. The predicted octanol–water partition coefficient (Wildman–Crippen LogP) is 1.73. The van der Waals surface area contributed by atoms with Crippen LogP contribution in [-0.4, -0.2) is 30.9 Å². The quantitative estimate of drug-likeness (QED) is 0.866. The van der Waals surface area contributed by atoms with Crippen molar-refractivity contribution in [3.8, 4) is 5.75 Å². The molecule has 1 aromatic rings. The minimum atomic E-state index is -0.829. The number of benzene rings is 1. The van der Waals surface area contributed by atoms with E-state index in [0.717, 1.165) is 17.7 Å². The summed E-state index contributed by atoms with van der Waals surface area (Å²) in [4.78, 5) is 11.7. The first kappa shape index (κ1) is 11.5. The molecule has 0 amide bonds. The van der Waals surface area contributed by atoms with Gasteiger partial charge in [-0.2, -0.15) is 0 Å². The predicted molar refractivity (Wildman–Crippen MR) is 64.6 cm³/mol. The topological polar surface area (TPSA) is 55.8 Å². The SMILES string of the molecule is O=C(O)C1(C2CCOC2)COc2ccccc2C1. The first-order chi connectivity index (χ1) is 8.72. The summed E-state index contributed by atoms with van der Waals surface area (Å²) in [6.07, 6.45) is 1.34. The van der Waals surface area contributed by atoms with E-state index in [4.69, 9.17) is 9.47 Å². The van der Waals surface area contributed by atoms with Crippen LogP contribution >= 0.6 is 0 Å². The number of hydrogen-bond donors (Lipinski definition) is 1. The van der Waals surface area contributed by atoms with Gasteiger partial charge in [-0.3, -0.25) is 4.79 Å². The summed E-state index contributed by atoms with van der Waals surface area (Å²) >= 11 is 0. The number of aliphatic carboxylic acids is 1.